The number of hydrogen-bond donors (Lipinski definition) is 2. The van der Waals surface area contributed by atoms with Gasteiger partial charge in [-0.05, 0) is 25.5 Å². The number of nitrogens with zero attached hydrogens (tertiary/aromatic N) is 2. The maximum absolute atomic E-state index is 12.6. The van der Waals surface area contributed by atoms with Gasteiger partial charge in [0.2, 0.25) is 5.95 Å². The van der Waals surface area contributed by atoms with Crippen molar-refractivity contribution in [3.05, 3.63) is 55.9 Å². The third kappa shape index (κ3) is 3.75. The molecule has 3 N–H and O–H groups in total. The van der Waals surface area contributed by atoms with Crippen LogP contribution in [-0.2, 0) is 9.47 Å². The number of benzene rings is 1. The van der Waals surface area contributed by atoms with Crippen molar-refractivity contribution >= 4 is 45.4 Å². The van der Waals surface area contributed by atoms with Gasteiger partial charge >= 0.3 is 10.8 Å². The number of nitrogens with two attached hydrogens (primary N) is 1. The van der Waals surface area contributed by atoms with Crippen LogP contribution in [0.1, 0.15) is 36.9 Å². The Morgan fingerprint density at radius 1 is 1.37 bits per heavy atom. The highest BCUT2D eigenvalue weighted by molar-refractivity contribution is 8.00. The minimum atomic E-state index is -0.667. The van der Waals surface area contributed by atoms with Crippen molar-refractivity contribution < 1.29 is 14.3 Å². The minimum absolute atomic E-state index is 0.0721. The van der Waals surface area contributed by atoms with Crippen molar-refractivity contribution in [3.8, 4) is 0 Å². The lowest BCUT2D eigenvalue weighted by Crippen LogP contribution is -2.31. The van der Waals surface area contributed by atoms with E-state index in [0.29, 0.717) is 12.0 Å². The number of aromatic amines is 1. The number of rotatable bonds is 5. The van der Waals surface area contributed by atoms with Gasteiger partial charge in [0.25, 0.3) is 5.56 Å². The molecule has 4 rings (SSSR count). The van der Waals surface area contributed by atoms with E-state index in [1.165, 1.54) is 16.3 Å². The van der Waals surface area contributed by atoms with Crippen LogP contribution in [0.5, 0.6) is 0 Å². The molecule has 9 nitrogen and oxygen atoms in total. The predicted octanol–water partition coefficient (Wildman–Crippen LogP) is 2.34. The number of thiazole rings is 1. The van der Waals surface area contributed by atoms with Crippen LogP contribution in [0.25, 0.3) is 10.3 Å². The first-order valence-corrected chi connectivity index (χ1v) is 11.1. The van der Waals surface area contributed by atoms with E-state index in [1.807, 2.05) is 19.9 Å². The molecule has 11 heteroatoms. The Kier molecular flexibility index (Phi) is 5.67. The van der Waals surface area contributed by atoms with Crippen LogP contribution in [0.4, 0.5) is 5.95 Å². The minimum Gasteiger partial charge on any atom is -0.455 e. The Balaban J connectivity index is 1.60. The first kappa shape index (κ1) is 20.6. The highest BCUT2D eigenvalue weighted by atomic mass is 32.2. The zero-order valence-corrected chi connectivity index (χ0v) is 17.9. The van der Waals surface area contributed by atoms with Gasteiger partial charge in [0.1, 0.15) is 16.2 Å². The molecule has 3 heterocycles. The Morgan fingerprint density at radius 3 is 2.80 bits per heavy atom. The van der Waals surface area contributed by atoms with Crippen LogP contribution in [0.3, 0.4) is 0 Å². The molecule has 0 amide bonds. The molecule has 158 valence electrons. The summed E-state index contributed by atoms with van der Waals surface area (Å²) in [6.07, 6.45) is -0.628. The van der Waals surface area contributed by atoms with Gasteiger partial charge in [0.15, 0.2) is 11.9 Å². The summed E-state index contributed by atoms with van der Waals surface area (Å²) in [5.41, 5.74) is 5.39. The smallest absolute Gasteiger partial charge is 0.338 e. The molecule has 1 fully saturated rings. The summed E-state index contributed by atoms with van der Waals surface area (Å²) < 4.78 is 13.4. The number of fused-ring (bicyclic) bond motifs is 1. The zero-order valence-electron chi connectivity index (χ0n) is 16.2. The fourth-order valence-electron chi connectivity index (χ4n) is 3.29. The van der Waals surface area contributed by atoms with Crippen LogP contribution in [0.15, 0.2) is 39.9 Å². The molecule has 0 saturated carbocycles. The summed E-state index contributed by atoms with van der Waals surface area (Å²) >= 11 is 2.27. The first-order valence-electron chi connectivity index (χ1n) is 9.36. The van der Waals surface area contributed by atoms with Gasteiger partial charge in [-0.25, -0.2) is 4.79 Å². The number of ether oxygens (including phenoxy) is 2. The normalized spacial score (nSPS) is 22.3. The number of nitrogen functional groups attached to an aromatic ring is 1. The molecule has 30 heavy (non-hydrogen) atoms. The van der Waals surface area contributed by atoms with Crippen LogP contribution in [-0.4, -0.2) is 37.3 Å². The van der Waals surface area contributed by atoms with Gasteiger partial charge in [-0.2, -0.15) is 4.98 Å². The number of hydrogen-bond acceptors (Lipinski definition) is 9. The summed E-state index contributed by atoms with van der Waals surface area (Å²) in [7, 11) is 0. The second-order valence-electron chi connectivity index (χ2n) is 6.80. The van der Waals surface area contributed by atoms with E-state index in [4.69, 9.17) is 15.2 Å². The summed E-state index contributed by atoms with van der Waals surface area (Å²) in [6.45, 7) is 3.81. The Bertz CT molecular complexity index is 1190. The summed E-state index contributed by atoms with van der Waals surface area (Å²) in [4.78, 5) is 43.4. The summed E-state index contributed by atoms with van der Waals surface area (Å²) in [5, 5.41) is -0.141. The van der Waals surface area contributed by atoms with Gasteiger partial charge < -0.3 is 15.2 Å². The van der Waals surface area contributed by atoms with Gasteiger partial charge in [0, 0.05) is 0 Å². The summed E-state index contributed by atoms with van der Waals surface area (Å²) in [6, 6.07) is 8.74. The maximum Gasteiger partial charge on any atom is 0.338 e. The maximum atomic E-state index is 12.6. The SMILES string of the molecule is CC[C@H](OC(=O)c1ccccc1)C1OC(n2c(=O)sc3c(=O)[nH]c(N)nc32)[C@H](C)S1. The summed E-state index contributed by atoms with van der Waals surface area (Å²) in [5.74, 6) is -0.501. The quantitative estimate of drug-likeness (QED) is 0.569. The number of thioether (sulfide) groups is 1. The Labute approximate surface area is 179 Å². The van der Waals surface area contributed by atoms with E-state index in [9.17, 15) is 14.4 Å². The fraction of sp³-hybridized carbons (Fsp3) is 0.368. The monoisotopic (exact) mass is 448 g/mol. The average Bonchev–Trinajstić information content (AvgIpc) is 3.25. The van der Waals surface area contributed by atoms with Crippen LogP contribution in [0.2, 0.25) is 0 Å². The number of aromatic nitrogens is 3. The molecule has 1 aromatic carbocycles. The Morgan fingerprint density at radius 2 is 2.10 bits per heavy atom. The van der Waals surface area contributed by atoms with Gasteiger partial charge in [-0.15, -0.1) is 11.8 Å². The van der Waals surface area contributed by atoms with Gasteiger partial charge in [0.05, 0.1) is 10.8 Å². The number of carbonyl (C=O) groups excluding carboxylic acids is 1. The molecule has 3 aromatic rings. The molecule has 2 unspecified atom stereocenters. The van der Waals surface area contributed by atoms with Gasteiger partial charge in [-0.3, -0.25) is 19.1 Å². The number of anilines is 1. The highest BCUT2D eigenvalue weighted by Crippen LogP contribution is 2.42. The second kappa shape index (κ2) is 8.25. The third-order valence-corrected chi connectivity index (χ3v) is 7.03. The average molecular weight is 449 g/mol. The predicted molar refractivity (Wildman–Crippen MR) is 116 cm³/mol. The molecule has 0 aliphatic carbocycles. The van der Waals surface area contributed by atoms with Crippen molar-refractivity contribution in [3.63, 3.8) is 0 Å². The van der Waals surface area contributed by atoms with E-state index < -0.39 is 29.3 Å². The molecule has 1 aliphatic rings. The molecular formula is C19H20N4O5S2. The largest absolute Gasteiger partial charge is 0.455 e. The fourth-order valence-corrected chi connectivity index (χ4v) is 5.47. The standard InChI is InChI=1S/C19H20N4O5S2/c1-3-11(27-16(25)10-7-5-4-6-8-10)17-28-15(9(2)29-17)23-13-12(30-19(23)26)14(24)22-18(20)21-13/h4-9,11,15,17H,3H2,1-2H3,(H3,20,21,22,24)/t9-,11-,15?,17?/m0/s1. The lowest BCUT2D eigenvalue weighted by atomic mass is 10.2. The molecule has 2 aromatic heterocycles. The van der Waals surface area contributed by atoms with Crippen molar-refractivity contribution in [2.24, 2.45) is 0 Å². The highest BCUT2D eigenvalue weighted by Gasteiger charge is 2.41. The van der Waals surface area contributed by atoms with E-state index in [-0.39, 0.29) is 26.4 Å². The molecule has 1 aliphatic heterocycles. The van der Waals surface area contributed by atoms with Crippen LogP contribution >= 0.6 is 23.1 Å². The van der Waals surface area contributed by atoms with Crippen LogP contribution < -0.4 is 16.2 Å². The van der Waals surface area contributed by atoms with Crippen molar-refractivity contribution in [2.75, 3.05) is 5.73 Å². The number of esters is 1. The zero-order chi connectivity index (χ0) is 21.4. The molecule has 0 radical (unpaired) electrons. The molecular weight excluding hydrogens is 428 g/mol. The van der Waals surface area contributed by atoms with Gasteiger partial charge in [-0.1, -0.05) is 36.5 Å². The second-order valence-corrected chi connectivity index (χ2v) is 9.24. The number of H-pyrrole nitrogens is 1. The molecule has 1 saturated heterocycles. The van der Waals surface area contributed by atoms with E-state index in [2.05, 4.69) is 9.97 Å². The lowest BCUT2D eigenvalue weighted by Gasteiger charge is -2.22. The lowest BCUT2D eigenvalue weighted by molar-refractivity contribution is -0.0564. The van der Waals surface area contributed by atoms with Crippen molar-refractivity contribution in [2.45, 2.75) is 43.3 Å². The molecule has 0 bridgehead atoms. The van der Waals surface area contributed by atoms with Crippen molar-refractivity contribution in [1.82, 2.24) is 14.5 Å². The number of carbonyl (C=O) groups is 1. The molecule has 0 spiro atoms. The van der Waals surface area contributed by atoms with E-state index in [1.54, 1.807) is 24.3 Å². The Hall–Kier alpha value is -2.63. The topological polar surface area (TPSA) is 129 Å². The molecule has 4 atom stereocenters. The van der Waals surface area contributed by atoms with Crippen molar-refractivity contribution in [1.29, 1.82) is 0 Å². The first-order chi connectivity index (χ1) is 14.4. The third-order valence-electron chi connectivity index (χ3n) is 4.74. The van der Waals surface area contributed by atoms with E-state index in [0.717, 1.165) is 11.3 Å². The van der Waals surface area contributed by atoms with Crippen LogP contribution in [0, 0.1) is 0 Å². The number of nitrogens with one attached hydrogen (secondary N) is 1. The van der Waals surface area contributed by atoms with E-state index >= 15 is 0 Å².